The van der Waals surface area contributed by atoms with Gasteiger partial charge in [-0.25, -0.2) is 0 Å². The van der Waals surface area contributed by atoms with Crippen LogP contribution in [0.1, 0.15) is 56.7 Å². The van der Waals surface area contributed by atoms with Crippen molar-refractivity contribution in [1.29, 1.82) is 0 Å². The Hall–Kier alpha value is -0.860. The first-order valence-corrected chi connectivity index (χ1v) is 8.17. The SMILES string of the molecule is CC(C)C1CCCCC1NC1COCc2ccccc21. The third-order valence-corrected chi connectivity index (χ3v) is 5.06. The number of rotatable bonds is 3. The van der Waals surface area contributed by atoms with Gasteiger partial charge in [0.25, 0.3) is 0 Å². The Labute approximate surface area is 122 Å². The van der Waals surface area contributed by atoms with Crippen LogP contribution in [-0.4, -0.2) is 12.6 Å². The molecule has 3 rings (SSSR count). The highest BCUT2D eigenvalue weighted by atomic mass is 16.5. The standard InChI is InChI=1S/C18H27NO/c1-13(2)15-8-5-6-10-17(15)19-18-12-20-11-14-7-3-4-9-16(14)18/h3-4,7,9,13,15,17-19H,5-6,8,10-12H2,1-2H3. The summed E-state index contributed by atoms with van der Waals surface area (Å²) in [6, 6.07) is 9.77. The fraction of sp³-hybridized carbons (Fsp3) is 0.667. The second-order valence-corrected chi connectivity index (χ2v) is 6.73. The van der Waals surface area contributed by atoms with Gasteiger partial charge in [-0.3, -0.25) is 0 Å². The molecule has 1 aliphatic heterocycles. The van der Waals surface area contributed by atoms with Crippen LogP contribution in [0.2, 0.25) is 0 Å². The molecule has 3 atom stereocenters. The lowest BCUT2D eigenvalue weighted by Crippen LogP contribution is -2.44. The average molecular weight is 273 g/mol. The number of ether oxygens (including phenoxy) is 1. The number of hydrogen-bond acceptors (Lipinski definition) is 2. The van der Waals surface area contributed by atoms with E-state index in [4.69, 9.17) is 4.74 Å². The van der Waals surface area contributed by atoms with E-state index in [1.807, 2.05) is 0 Å². The van der Waals surface area contributed by atoms with Crippen LogP contribution in [-0.2, 0) is 11.3 Å². The molecule has 0 aromatic heterocycles. The van der Waals surface area contributed by atoms with Crippen LogP contribution in [0.15, 0.2) is 24.3 Å². The average Bonchev–Trinajstić information content (AvgIpc) is 2.48. The minimum Gasteiger partial charge on any atom is -0.375 e. The molecule has 2 nitrogen and oxygen atoms in total. The molecular formula is C18H27NO. The summed E-state index contributed by atoms with van der Waals surface area (Å²) >= 11 is 0. The molecule has 0 radical (unpaired) electrons. The number of benzene rings is 1. The summed E-state index contributed by atoms with van der Waals surface area (Å²) in [5.41, 5.74) is 2.81. The molecule has 1 saturated carbocycles. The van der Waals surface area contributed by atoms with Crippen LogP contribution in [0, 0.1) is 11.8 Å². The van der Waals surface area contributed by atoms with Crippen molar-refractivity contribution in [3.63, 3.8) is 0 Å². The van der Waals surface area contributed by atoms with Crippen LogP contribution in [0.4, 0.5) is 0 Å². The summed E-state index contributed by atoms with van der Waals surface area (Å²) < 4.78 is 5.78. The van der Waals surface area contributed by atoms with E-state index in [1.54, 1.807) is 0 Å². The fourth-order valence-electron chi connectivity index (χ4n) is 3.94. The summed E-state index contributed by atoms with van der Waals surface area (Å²) in [7, 11) is 0. The van der Waals surface area contributed by atoms with Gasteiger partial charge in [-0.15, -0.1) is 0 Å². The third kappa shape index (κ3) is 2.91. The van der Waals surface area contributed by atoms with E-state index in [-0.39, 0.29) is 0 Å². The molecule has 2 aliphatic rings. The molecule has 1 aliphatic carbocycles. The lowest BCUT2D eigenvalue weighted by atomic mass is 9.77. The van der Waals surface area contributed by atoms with Gasteiger partial charge in [0.05, 0.1) is 19.3 Å². The predicted molar refractivity (Wildman–Crippen MR) is 82.6 cm³/mol. The monoisotopic (exact) mass is 273 g/mol. The van der Waals surface area contributed by atoms with Gasteiger partial charge in [-0.05, 0) is 35.8 Å². The van der Waals surface area contributed by atoms with Crippen molar-refractivity contribution in [3.8, 4) is 0 Å². The highest BCUT2D eigenvalue weighted by molar-refractivity contribution is 5.31. The molecule has 1 fully saturated rings. The Morgan fingerprint density at radius 2 is 1.95 bits per heavy atom. The summed E-state index contributed by atoms with van der Waals surface area (Å²) in [5, 5.41) is 3.92. The number of fused-ring (bicyclic) bond motifs is 1. The molecule has 110 valence electrons. The minimum absolute atomic E-state index is 0.379. The van der Waals surface area contributed by atoms with Crippen LogP contribution in [0.25, 0.3) is 0 Å². The molecule has 0 amide bonds. The Balaban J connectivity index is 1.74. The topological polar surface area (TPSA) is 21.3 Å². The molecule has 1 aromatic rings. The van der Waals surface area contributed by atoms with Gasteiger partial charge in [-0.1, -0.05) is 51.0 Å². The first-order chi connectivity index (χ1) is 9.75. The molecular weight excluding hydrogens is 246 g/mol. The van der Waals surface area contributed by atoms with Crippen molar-refractivity contribution in [2.24, 2.45) is 11.8 Å². The lowest BCUT2D eigenvalue weighted by Gasteiger charge is -2.39. The van der Waals surface area contributed by atoms with Gasteiger partial charge >= 0.3 is 0 Å². The molecule has 0 spiro atoms. The maximum atomic E-state index is 5.78. The van der Waals surface area contributed by atoms with Crippen molar-refractivity contribution in [2.75, 3.05) is 6.61 Å². The molecule has 20 heavy (non-hydrogen) atoms. The van der Waals surface area contributed by atoms with Crippen LogP contribution in [0.5, 0.6) is 0 Å². The van der Waals surface area contributed by atoms with Crippen LogP contribution in [0.3, 0.4) is 0 Å². The van der Waals surface area contributed by atoms with E-state index in [1.165, 1.54) is 36.8 Å². The van der Waals surface area contributed by atoms with Crippen LogP contribution < -0.4 is 5.32 Å². The predicted octanol–water partition coefficient (Wildman–Crippen LogP) is 4.06. The van der Waals surface area contributed by atoms with E-state index < -0.39 is 0 Å². The Bertz CT molecular complexity index is 443. The first kappa shape index (κ1) is 14.1. The van der Waals surface area contributed by atoms with Crippen molar-refractivity contribution >= 4 is 0 Å². The number of nitrogens with one attached hydrogen (secondary N) is 1. The van der Waals surface area contributed by atoms with Gasteiger partial charge in [0.1, 0.15) is 0 Å². The first-order valence-electron chi connectivity index (χ1n) is 8.17. The molecule has 2 heteroatoms. The van der Waals surface area contributed by atoms with Gasteiger partial charge in [-0.2, -0.15) is 0 Å². The maximum absolute atomic E-state index is 5.78. The highest BCUT2D eigenvalue weighted by Gasteiger charge is 2.31. The van der Waals surface area contributed by atoms with Gasteiger partial charge in [0.2, 0.25) is 0 Å². The van der Waals surface area contributed by atoms with E-state index in [9.17, 15) is 0 Å². The van der Waals surface area contributed by atoms with Crippen LogP contribution >= 0.6 is 0 Å². The largest absolute Gasteiger partial charge is 0.375 e. The molecule has 3 unspecified atom stereocenters. The van der Waals surface area contributed by atoms with Gasteiger partial charge in [0.15, 0.2) is 0 Å². The summed E-state index contributed by atoms with van der Waals surface area (Å²) in [5.74, 6) is 1.59. The summed E-state index contributed by atoms with van der Waals surface area (Å²) in [6.45, 7) is 6.33. The number of hydrogen-bond donors (Lipinski definition) is 1. The Kier molecular flexibility index (Phi) is 4.42. The normalized spacial score (nSPS) is 30.2. The zero-order chi connectivity index (χ0) is 13.9. The van der Waals surface area contributed by atoms with E-state index in [0.717, 1.165) is 25.0 Å². The molecule has 0 bridgehead atoms. The minimum atomic E-state index is 0.379. The Morgan fingerprint density at radius 3 is 2.80 bits per heavy atom. The molecule has 0 saturated heterocycles. The van der Waals surface area contributed by atoms with E-state index in [2.05, 4.69) is 43.4 Å². The van der Waals surface area contributed by atoms with Crippen molar-refractivity contribution < 1.29 is 4.74 Å². The van der Waals surface area contributed by atoms with E-state index in [0.29, 0.717) is 12.1 Å². The molecule has 1 heterocycles. The van der Waals surface area contributed by atoms with Gasteiger partial charge in [0, 0.05) is 6.04 Å². The van der Waals surface area contributed by atoms with Crippen molar-refractivity contribution in [2.45, 2.75) is 58.2 Å². The lowest BCUT2D eigenvalue weighted by molar-refractivity contribution is 0.0686. The van der Waals surface area contributed by atoms with Gasteiger partial charge < -0.3 is 10.1 Å². The van der Waals surface area contributed by atoms with E-state index >= 15 is 0 Å². The summed E-state index contributed by atoms with van der Waals surface area (Å²) in [6.07, 6.45) is 5.47. The van der Waals surface area contributed by atoms with Crippen molar-refractivity contribution in [3.05, 3.63) is 35.4 Å². The second kappa shape index (κ2) is 6.28. The smallest absolute Gasteiger partial charge is 0.0721 e. The quantitative estimate of drug-likeness (QED) is 0.896. The van der Waals surface area contributed by atoms with Crippen molar-refractivity contribution in [1.82, 2.24) is 5.32 Å². The fourth-order valence-corrected chi connectivity index (χ4v) is 3.94. The maximum Gasteiger partial charge on any atom is 0.0721 e. The zero-order valence-corrected chi connectivity index (χ0v) is 12.8. The second-order valence-electron chi connectivity index (χ2n) is 6.73. The highest BCUT2D eigenvalue weighted by Crippen LogP contribution is 2.33. The Morgan fingerprint density at radius 1 is 1.15 bits per heavy atom. The zero-order valence-electron chi connectivity index (χ0n) is 12.8. The summed E-state index contributed by atoms with van der Waals surface area (Å²) in [4.78, 5) is 0. The molecule has 1 N–H and O–H groups in total. The third-order valence-electron chi connectivity index (χ3n) is 5.06. The molecule has 1 aromatic carbocycles.